The number of hydrogen-bond donors (Lipinski definition) is 1. The van der Waals surface area contributed by atoms with Crippen molar-refractivity contribution in [3.63, 3.8) is 0 Å². The number of aromatic nitrogens is 5. The molecule has 3 aliphatic rings. The first-order valence-electron chi connectivity index (χ1n) is 11.3. The number of carbonyl (C=O) groups is 1. The van der Waals surface area contributed by atoms with E-state index in [9.17, 15) is 9.90 Å². The van der Waals surface area contributed by atoms with Crippen LogP contribution in [0.4, 0.5) is 0 Å². The number of aliphatic hydroxyl groups is 1. The molecule has 0 bridgehead atoms. The van der Waals surface area contributed by atoms with E-state index >= 15 is 0 Å². The molecule has 2 aromatic rings. The van der Waals surface area contributed by atoms with Crippen LogP contribution in [-0.4, -0.2) is 72.2 Å². The topological polar surface area (TPSA) is 100 Å². The average molecular weight is 436 g/mol. The van der Waals surface area contributed by atoms with Crippen molar-refractivity contribution >= 4 is 5.91 Å². The Morgan fingerprint density at radius 1 is 1.19 bits per heavy atom. The van der Waals surface area contributed by atoms with E-state index in [-0.39, 0.29) is 11.3 Å². The predicted molar refractivity (Wildman–Crippen MR) is 118 cm³/mol. The number of pyridine rings is 1. The third kappa shape index (κ3) is 3.75. The highest BCUT2D eigenvalue weighted by Crippen LogP contribution is 2.44. The van der Waals surface area contributed by atoms with E-state index in [4.69, 9.17) is 0 Å². The third-order valence-electron chi connectivity index (χ3n) is 7.23. The molecule has 5 rings (SSSR count). The van der Waals surface area contributed by atoms with E-state index in [0.29, 0.717) is 12.4 Å². The number of carbonyl (C=O) groups excluding carboxylic acids is 1. The number of rotatable bonds is 5. The van der Waals surface area contributed by atoms with Crippen molar-refractivity contribution in [1.29, 1.82) is 0 Å². The molecule has 4 heterocycles. The largest absolute Gasteiger partial charge is 0.387 e. The second kappa shape index (κ2) is 8.22. The number of aryl methyl sites for hydroxylation is 1. The first-order chi connectivity index (χ1) is 15.4. The van der Waals surface area contributed by atoms with Gasteiger partial charge >= 0.3 is 0 Å². The van der Waals surface area contributed by atoms with Crippen LogP contribution >= 0.6 is 0 Å². The molecule has 2 aromatic heterocycles. The van der Waals surface area contributed by atoms with E-state index in [1.807, 2.05) is 24.0 Å². The van der Waals surface area contributed by atoms with Crippen LogP contribution in [0.1, 0.15) is 49.5 Å². The molecule has 1 amide bonds. The Morgan fingerprint density at radius 3 is 2.62 bits per heavy atom. The molecule has 1 N–H and O–H groups in total. The molecular weight excluding hydrogens is 406 g/mol. The summed E-state index contributed by atoms with van der Waals surface area (Å²) in [7, 11) is 0. The SMILES string of the molecule is C=C1C=C(N2CCC3(CCN(CC(O)c4ccc(-n5cnnn5)nc4C)CC3)C2=O)CC1. The summed E-state index contributed by atoms with van der Waals surface area (Å²) in [6.07, 6.45) is 7.45. The van der Waals surface area contributed by atoms with Gasteiger partial charge in [0.1, 0.15) is 6.33 Å². The van der Waals surface area contributed by atoms with Gasteiger partial charge in [-0.3, -0.25) is 4.79 Å². The maximum Gasteiger partial charge on any atom is 0.233 e. The number of nitrogens with zero attached hydrogens (tertiary/aromatic N) is 7. The summed E-state index contributed by atoms with van der Waals surface area (Å²) in [6.45, 7) is 8.90. The lowest BCUT2D eigenvalue weighted by Gasteiger charge is -2.38. The molecule has 0 aromatic carbocycles. The minimum atomic E-state index is -0.634. The molecule has 9 heteroatoms. The highest BCUT2D eigenvalue weighted by atomic mass is 16.3. The number of hydrogen-bond acceptors (Lipinski definition) is 7. The molecule has 1 aliphatic carbocycles. The fraction of sp³-hybridized carbons (Fsp3) is 0.522. The molecule has 0 radical (unpaired) electrons. The molecule has 2 fully saturated rings. The van der Waals surface area contributed by atoms with Crippen LogP contribution in [0.2, 0.25) is 0 Å². The molecule has 1 unspecified atom stereocenters. The van der Waals surface area contributed by atoms with Crippen LogP contribution in [0.5, 0.6) is 0 Å². The van der Waals surface area contributed by atoms with E-state index in [2.05, 4.69) is 38.1 Å². The lowest BCUT2D eigenvalue weighted by Crippen LogP contribution is -2.45. The van der Waals surface area contributed by atoms with Crippen LogP contribution in [0.3, 0.4) is 0 Å². The normalized spacial score (nSPS) is 22.1. The van der Waals surface area contributed by atoms with Gasteiger partial charge in [0.15, 0.2) is 5.82 Å². The van der Waals surface area contributed by atoms with Gasteiger partial charge < -0.3 is 14.9 Å². The van der Waals surface area contributed by atoms with Crippen molar-refractivity contribution in [2.45, 2.75) is 45.1 Å². The summed E-state index contributed by atoms with van der Waals surface area (Å²) in [5, 5.41) is 22.0. The zero-order valence-corrected chi connectivity index (χ0v) is 18.4. The molecule has 32 heavy (non-hydrogen) atoms. The second-order valence-corrected chi connectivity index (χ2v) is 9.20. The van der Waals surface area contributed by atoms with Gasteiger partial charge in [-0.25, -0.2) is 4.98 Å². The van der Waals surface area contributed by atoms with Gasteiger partial charge in [0.05, 0.1) is 11.5 Å². The summed E-state index contributed by atoms with van der Waals surface area (Å²) < 4.78 is 1.49. The Hall–Kier alpha value is -2.91. The second-order valence-electron chi connectivity index (χ2n) is 9.20. The maximum absolute atomic E-state index is 13.3. The highest BCUT2D eigenvalue weighted by molar-refractivity contribution is 5.86. The van der Waals surface area contributed by atoms with Gasteiger partial charge in [0.25, 0.3) is 0 Å². The Labute approximate surface area is 187 Å². The molecule has 1 atom stereocenters. The number of aliphatic hydroxyl groups excluding tert-OH is 1. The lowest BCUT2D eigenvalue weighted by atomic mass is 9.77. The highest BCUT2D eigenvalue weighted by Gasteiger charge is 2.49. The molecule has 0 saturated carbocycles. The minimum absolute atomic E-state index is 0.239. The van der Waals surface area contributed by atoms with Crippen LogP contribution < -0.4 is 0 Å². The third-order valence-corrected chi connectivity index (χ3v) is 7.23. The van der Waals surface area contributed by atoms with Crippen molar-refractivity contribution in [3.8, 4) is 5.82 Å². The molecular formula is C23H29N7O2. The van der Waals surface area contributed by atoms with Gasteiger partial charge in [-0.15, -0.1) is 5.10 Å². The zero-order chi connectivity index (χ0) is 22.3. The molecule has 9 nitrogen and oxygen atoms in total. The Bertz CT molecular complexity index is 1050. The average Bonchev–Trinajstić information content (AvgIpc) is 3.52. The number of β-amino-alcohol motifs (C(OH)–C–C–N with tert-alkyl or cyclic N) is 1. The van der Waals surface area contributed by atoms with Crippen LogP contribution in [-0.2, 0) is 4.79 Å². The summed E-state index contributed by atoms with van der Waals surface area (Å²) in [6, 6.07) is 3.70. The van der Waals surface area contributed by atoms with Gasteiger partial charge in [-0.2, -0.15) is 4.68 Å². The van der Waals surface area contributed by atoms with Crippen LogP contribution in [0.25, 0.3) is 5.82 Å². The fourth-order valence-corrected chi connectivity index (χ4v) is 5.25. The zero-order valence-electron chi connectivity index (χ0n) is 18.4. The number of likely N-dealkylation sites (tertiary alicyclic amines) is 2. The van der Waals surface area contributed by atoms with E-state index in [0.717, 1.165) is 74.3 Å². The van der Waals surface area contributed by atoms with Gasteiger partial charge in [-0.1, -0.05) is 18.2 Å². The van der Waals surface area contributed by atoms with Crippen molar-refractivity contribution in [3.05, 3.63) is 53.6 Å². The number of piperidine rings is 1. The van der Waals surface area contributed by atoms with Gasteiger partial charge in [0, 0.05) is 30.0 Å². The van der Waals surface area contributed by atoms with Crippen molar-refractivity contribution in [2.24, 2.45) is 5.41 Å². The van der Waals surface area contributed by atoms with Crippen molar-refractivity contribution in [1.82, 2.24) is 35.0 Å². The summed E-state index contributed by atoms with van der Waals surface area (Å²) >= 11 is 0. The monoisotopic (exact) mass is 435 g/mol. The lowest BCUT2D eigenvalue weighted by molar-refractivity contribution is -0.137. The quantitative estimate of drug-likeness (QED) is 0.766. The summed E-state index contributed by atoms with van der Waals surface area (Å²) in [4.78, 5) is 22.1. The summed E-state index contributed by atoms with van der Waals surface area (Å²) in [5.41, 5.74) is 3.58. The minimum Gasteiger partial charge on any atom is -0.387 e. The number of amides is 1. The van der Waals surface area contributed by atoms with Crippen molar-refractivity contribution in [2.75, 3.05) is 26.2 Å². The Kier molecular flexibility index (Phi) is 5.38. The number of tetrazole rings is 1. The first kappa shape index (κ1) is 21.0. The van der Waals surface area contributed by atoms with E-state index in [1.165, 1.54) is 11.0 Å². The Morgan fingerprint density at radius 2 is 1.97 bits per heavy atom. The first-order valence-corrected chi connectivity index (χ1v) is 11.3. The van der Waals surface area contributed by atoms with E-state index < -0.39 is 6.10 Å². The smallest absolute Gasteiger partial charge is 0.233 e. The predicted octanol–water partition coefficient (Wildman–Crippen LogP) is 1.95. The van der Waals surface area contributed by atoms with Crippen molar-refractivity contribution < 1.29 is 9.90 Å². The fourth-order valence-electron chi connectivity index (χ4n) is 5.25. The van der Waals surface area contributed by atoms with Gasteiger partial charge in [0.2, 0.25) is 5.91 Å². The molecule has 2 saturated heterocycles. The van der Waals surface area contributed by atoms with Crippen LogP contribution in [0.15, 0.2) is 42.4 Å². The molecule has 1 spiro atoms. The van der Waals surface area contributed by atoms with E-state index in [1.54, 1.807) is 0 Å². The Balaban J connectivity index is 1.20. The van der Waals surface area contributed by atoms with Gasteiger partial charge in [-0.05, 0) is 74.7 Å². The molecule has 2 aliphatic heterocycles. The standard InChI is InChI=1S/C23H29N7O2/c1-16-3-4-18(13-16)29-12-9-23(22(29)32)7-10-28(11-8-23)14-20(31)19-5-6-21(25-17(19)2)30-15-24-26-27-30/h5-6,13,15,20,31H,1,3-4,7-12,14H2,2H3. The van der Waals surface area contributed by atoms with Crippen LogP contribution in [0, 0.1) is 12.3 Å². The summed E-state index contributed by atoms with van der Waals surface area (Å²) in [5.74, 6) is 0.908. The number of allylic oxidation sites excluding steroid dienone is 3. The maximum atomic E-state index is 13.3. The molecule has 168 valence electrons.